The third-order valence-corrected chi connectivity index (χ3v) is 5.44. The third-order valence-electron chi connectivity index (χ3n) is 4.53. The fraction of sp³-hybridized carbons (Fsp3) is 0.167. The monoisotopic (exact) mass is 418 g/mol. The molecule has 2 heterocycles. The number of hydrogen-bond donors (Lipinski definition) is 1. The molecule has 0 fully saturated rings. The Kier molecular flexibility index (Phi) is 6.57. The molecule has 30 heavy (non-hydrogen) atoms. The van der Waals surface area contributed by atoms with Crippen LogP contribution in [0.15, 0.2) is 82.8 Å². The van der Waals surface area contributed by atoms with Gasteiger partial charge in [0.2, 0.25) is 5.91 Å². The van der Waals surface area contributed by atoms with Crippen LogP contribution in [0.4, 0.5) is 0 Å². The zero-order valence-electron chi connectivity index (χ0n) is 16.4. The SMILES string of the molecule is O=C(Cc1csc(-c2ccco2)n1)NCCc1ccc(OCc2ccccc2)cc1. The Labute approximate surface area is 179 Å². The van der Waals surface area contributed by atoms with Crippen LogP contribution in [0.25, 0.3) is 10.8 Å². The van der Waals surface area contributed by atoms with Crippen LogP contribution < -0.4 is 10.1 Å². The highest BCUT2D eigenvalue weighted by Gasteiger charge is 2.10. The van der Waals surface area contributed by atoms with Gasteiger partial charge in [-0.3, -0.25) is 4.79 Å². The van der Waals surface area contributed by atoms with Crippen molar-refractivity contribution in [3.8, 4) is 16.5 Å². The van der Waals surface area contributed by atoms with E-state index in [4.69, 9.17) is 9.15 Å². The third kappa shape index (κ3) is 5.58. The minimum Gasteiger partial charge on any atom is -0.489 e. The van der Waals surface area contributed by atoms with E-state index in [1.807, 2.05) is 72.1 Å². The topological polar surface area (TPSA) is 64.4 Å². The summed E-state index contributed by atoms with van der Waals surface area (Å²) in [5.41, 5.74) is 3.04. The second-order valence-corrected chi connectivity index (χ2v) is 7.67. The smallest absolute Gasteiger partial charge is 0.226 e. The average Bonchev–Trinajstić information content (AvgIpc) is 3.46. The van der Waals surface area contributed by atoms with Gasteiger partial charge in [0, 0.05) is 11.9 Å². The summed E-state index contributed by atoms with van der Waals surface area (Å²) in [6, 6.07) is 21.8. The molecule has 2 aromatic carbocycles. The number of rotatable bonds is 9. The summed E-state index contributed by atoms with van der Waals surface area (Å²) in [4.78, 5) is 16.6. The van der Waals surface area contributed by atoms with Crippen LogP contribution in [0.2, 0.25) is 0 Å². The van der Waals surface area contributed by atoms with Crippen molar-refractivity contribution in [2.45, 2.75) is 19.4 Å². The maximum atomic E-state index is 12.2. The lowest BCUT2D eigenvalue weighted by atomic mass is 10.1. The molecule has 0 radical (unpaired) electrons. The van der Waals surface area contributed by atoms with Gasteiger partial charge in [0.05, 0.1) is 18.4 Å². The number of carbonyl (C=O) groups is 1. The van der Waals surface area contributed by atoms with E-state index in [0.29, 0.717) is 13.2 Å². The molecule has 2 aromatic heterocycles. The normalized spacial score (nSPS) is 10.7. The lowest BCUT2D eigenvalue weighted by Gasteiger charge is -2.08. The number of carbonyl (C=O) groups excluding carboxylic acids is 1. The van der Waals surface area contributed by atoms with Gasteiger partial charge in [-0.2, -0.15) is 0 Å². The van der Waals surface area contributed by atoms with Crippen molar-refractivity contribution in [2.24, 2.45) is 0 Å². The van der Waals surface area contributed by atoms with Crippen LogP contribution in [-0.2, 0) is 24.2 Å². The molecule has 0 atom stereocenters. The summed E-state index contributed by atoms with van der Waals surface area (Å²) in [5.74, 6) is 1.53. The van der Waals surface area contributed by atoms with Crippen molar-refractivity contribution in [3.63, 3.8) is 0 Å². The van der Waals surface area contributed by atoms with Gasteiger partial charge in [0.15, 0.2) is 10.8 Å². The molecule has 0 aliphatic heterocycles. The molecule has 4 rings (SSSR count). The van der Waals surface area contributed by atoms with E-state index in [1.165, 1.54) is 11.3 Å². The highest BCUT2D eigenvalue weighted by molar-refractivity contribution is 7.13. The van der Waals surface area contributed by atoms with Crippen molar-refractivity contribution in [2.75, 3.05) is 6.54 Å². The number of ether oxygens (including phenoxy) is 1. The molecule has 6 heteroatoms. The second kappa shape index (κ2) is 9.89. The first kappa shape index (κ1) is 19.9. The Morgan fingerprint density at radius 1 is 1.00 bits per heavy atom. The molecule has 4 aromatic rings. The number of aromatic nitrogens is 1. The lowest BCUT2D eigenvalue weighted by molar-refractivity contribution is -0.120. The maximum Gasteiger partial charge on any atom is 0.226 e. The Morgan fingerprint density at radius 3 is 2.60 bits per heavy atom. The van der Waals surface area contributed by atoms with Crippen LogP contribution in [0.5, 0.6) is 5.75 Å². The van der Waals surface area contributed by atoms with E-state index >= 15 is 0 Å². The summed E-state index contributed by atoms with van der Waals surface area (Å²) in [6.07, 6.45) is 2.65. The predicted molar refractivity (Wildman–Crippen MR) is 117 cm³/mol. The Hall–Kier alpha value is -3.38. The molecule has 0 bridgehead atoms. The number of hydrogen-bond acceptors (Lipinski definition) is 5. The van der Waals surface area contributed by atoms with E-state index in [9.17, 15) is 4.79 Å². The fourth-order valence-corrected chi connectivity index (χ4v) is 3.75. The Balaban J connectivity index is 1.19. The van der Waals surface area contributed by atoms with Crippen molar-refractivity contribution in [1.29, 1.82) is 0 Å². The fourth-order valence-electron chi connectivity index (χ4n) is 2.97. The molecule has 1 amide bonds. The molecule has 0 aliphatic carbocycles. The van der Waals surface area contributed by atoms with E-state index < -0.39 is 0 Å². The van der Waals surface area contributed by atoms with Gasteiger partial charge in [-0.15, -0.1) is 11.3 Å². The number of nitrogens with one attached hydrogen (secondary N) is 1. The number of benzene rings is 2. The second-order valence-electron chi connectivity index (χ2n) is 6.82. The standard InChI is InChI=1S/C24H22N2O3S/c27-23(15-20-17-30-24(26-20)22-7-4-14-28-22)25-13-12-18-8-10-21(11-9-18)29-16-19-5-2-1-3-6-19/h1-11,14,17H,12-13,15-16H2,(H,25,27). The first-order chi connectivity index (χ1) is 14.8. The molecule has 0 saturated carbocycles. The highest BCUT2D eigenvalue weighted by Crippen LogP contribution is 2.24. The Morgan fingerprint density at radius 2 is 1.83 bits per heavy atom. The summed E-state index contributed by atoms with van der Waals surface area (Å²) < 4.78 is 11.1. The summed E-state index contributed by atoms with van der Waals surface area (Å²) in [6.45, 7) is 1.13. The molecule has 0 spiro atoms. The number of nitrogens with zero attached hydrogens (tertiary/aromatic N) is 1. The van der Waals surface area contributed by atoms with Gasteiger partial charge in [-0.05, 0) is 41.8 Å². The first-order valence-corrected chi connectivity index (χ1v) is 10.6. The van der Waals surface area contributed by atoms with E-state index in [-0.39, 0.29) is 12.3 Å². The summed E-state index contributed by atoms with van der Waals surface area (Å²) in [7, 11) is 0. The lowest BCUT2D eigenvalue weighted by Crippen LogP contribution is -2.27. The van der Waals surface area contributed by atoms with Crippen molar-refractivity contribution in [3.05, 3.63) is 95.2 Å². The molecule has 0 aliphatic rings. The van der Waals surface area contributed by atoms with Crippen LogP contribution in [0.1, 0.15) is 16.8 Å². The zero-order chi connectivity index (χ0) is 20.6. The molecular formula is C24H22N2O3S. The van der Waals surface area contributed by atoms with Gasteiger partial charge >= 0.3 is 0 Å². The van der Waals surface area contributed by atoms with Gasteiger partial charge < -0.3 is 14.5 Å². The molecule has 0 unspecified atom stereocenters. The molecule has 1 N–H and O–H groups in total. The number of amides is 1. The van der Waals surface area contributed by atoms with E-state index in [2.05, 4.69) is 10.3 Å². The maximum absolute atomic E-state index is 12.2. The molecular weight excluding hydrogens is 396 g/mol. The minimum atomic E-state index is -0.0332. The van der Waals surface area contributed by atoms with E-state index in [0.717, 1.165) is 39.8 Å². The van der Waals surface area contributed by atoms with Gasteiger partial charge in [-0.1, -0.05) is 42.5 Å². The van der Waals surface area contributed by atoms with Crippen molar-refractivity contribution < 1.29 is 13.9 Å². The van der Waals surface area contributed by atoms with Gasteiger partial charge in [0.1, 0.15) is 12.4 Å². The van der Waals surface area contributed by atoms with Crippen molar-refractivity contribution >= 4 is 17.2 Å². The first-order valence-electron chi connectivity index (χ1n) is 9.77. The molecule has 152 valence electrons. The predicted octanol–water partition coefficient (Wildman–Crippen LogP) is 4.88. The van der Waals surface area contributed by atoms with Crippen LogP contribution in [-0.4, -0.2) is 17.4 Å². The minimum absolute atomic E-state index is 0.0332. The molecule has 0 saturated heterocycles. The van der Waals surface area contributed by atoms with Gasteiger partial charge in [-0.25, -0.2) is 4.98 Å². The Bertz CT molecular complexity index is 1060. The van der Waals surface area contributed by atoms with Crippen LogP contribution in [0, 0.1) is 0 Å². The van der Waals surface area contributed by atoms with Crippen molar-refractivity contribution in [1.82, 2.24) is 10.3 Å². The van der Waals surface area contributed by atoms with E-state index in [1.54, 1.807) is 6.26 Å². The highest BCUT2D eigenvalue weighted by atomic mass is 32.1. The van der Waals surface area contributed by atoms with Crippen LogP contribution >= 0.6 is 11.3 Å². The average molecular weight is 419 g/mol. The number of furan rings is 1. The largest absolute Gasteiger partial charge is 0.489 e. The van der Waals surface area contributed by atoms with Crippen LogP contribution in [0.3, 0.4) is 0 Å². The number of thiazole rings is 1. The summed E-state index contributed by atoms with van der Waals surface area (Å²) in [5, 5.41) is 5.64. The quantitative estimate of drug-likeness (QED) is 0.421. The molecule has 5 nitrogen and oxygen atoms in total. The van der Waals surface area contributed by atoms with Gasteiger partial charge in [0.25, 0.3) is 0 Å². The zero-order valence-corrected chi connectivity index (χ0v) is 17.2. The summed E-state index contributed by atoms with van der Waals surface area (Å²) >= 11 is 1.48.